The number of carbonyl (C=O) groups is 1. The number of imidazole rings is 1. The second-order valence-corrected chi connectivity index (χ2v) is 7.79. The summed E-state index contributed by atoms with van der Waals surface area (Å²) in [5.41, 5.74) is 2.63. The van der Waals surface area contributed by atoms with E-state index < -0.39 is 0 Å². The van der Waals surface area contributed by atoms with Crippen LogP contribution >= 0.6 is 11.8 Å². The van der Waals surface area contributed by atoms with Crippen molar-refractivity contribution in [3.63, 3.8) is 0 Å². The molecule has 0 unspecified atom stereocenters. The lowest BCUT2D eigenvalue weighted by molar-refractivity contribution is -0.127. The lowest BCUT2D eigenvalue weighted by Gasteiger charge is -2.16. The number of likely N-dealkylation sites (tertiary alicyclic amines) is 1. The number of hydrogen-bond acceptors (Lipinski definition) is 4. The smallest absolute Gasteiger partial charge is 0.233 e. The van der Waals surface area contributed by atoms with Gasteiger partial charge in [0.05, 0.1) is 24.8 Å². The standard InChI is InChI=1S/C22H22FN3O2S/c1-28-19-10-4-16(5-11-19)20-14-24-22(26(20)18-8-6-17(23)7-9-18)29-15-21(27)25-12-2-3-13-25/h4-11,14H,2-3,12-13,15H2,1H3. The maximum Gasteiger partial charge on any atom is 0.233 e. The molecule has 1 saturated heterocycles. The number of carbonyl (C=O) groups excluding carboxylic acids is 1. The highest BCUT2D eigenvalue weighted by Gasteiger charge is 2.20. The first-order valence-corrected chi connectivity index (χ1v) is 10.5. The Morgan fingerprint density at radius 2 is 1.79 bits per heavy atom. The number of hydrogen-bond donors (Lipinski definition) is 0. The Labute approximate surface area is 173 Å². The van der Waals surface area contributed by atoms with Crippen molar-refractivity contribution in [2.45, 2.75) is 18.0 Å². The van der Waals surface area contributed by atoms with Crippen LogP contribution in [0.1, 0.15) is 12.8 Å². The van der Waals surface area contributed by atoms with Gasteiger partial charge in [0.15, 0.2) is 5.16 Å². The molecule has 1 aliphatic rings. The summed E-state index contributed by atoms with van der Waals surface area (Å²) in [5.74, 6) is 0.943. The van der Waals surface area contributed by atoms with Crippen LogP contribution in [-0.2, 0) is 4.79 Å². The Balaban J connectivity index is 1.66. The molecule has 0 bridgehead atoms. The molecule has 1 aliphatic heterocycles. The van der Waals surface area contributed by atoms with Crippen LogP contribution in [0.3, 0.4) is 0 Å². The molecule has 1 aromatic heterocycles. The molecule has 3 aromatic rings. The molecular formula is C22H22FN3O2S. The van der Waals surface area contributed by atoms with Gasteiger partial charge in [0.1, 0.15) is 11.6 Å². The molecule has 7 heteroatoms. The van der Waals surface area contributed by atoms with Crippen LogP contribution in [0.15, 0.2) is 59.9 Å². The molecule has 29 heavy (non-hydrogen) atoms. The van der Waals surface area contributed by atoms with Crippen molar-refractivity contribution in [1.29, 1.82) is 0 Å². The quantitative estimate of drug-likeness (QED) is 0.564. The summed E-state index contributed by atoms with van der Waals surface area (Å²) in [7, 11) is 1.63. The second-order valence-electron chi connectivity index (χ2n) is 6.84. The van der Waals surface area contributed by atoms with E-state index >= 15 is 0 Å². The highest BCUT2D eigenvalue weighted by molar-refractivity contribution is 7.99. The minimum absolute atomic E-state index is 0.132. The van der Waals surface area contributed by atoms with E-state index in [1.807, 2.05) is 33.7 Å². The first-order chi connectivity index (χ1) is 14.2. The molecule has 1 fully saturated rings. The highest BCUT2D eigenvalue weighted by atomic mass is 32.2. The number of benzene rings is 2. The van der Waals surface area contributed by atoms with E-state index in [4.69, 9.17) is 4.74 Å². The molecule has 0 radical (unpaired) electrons. The van der Waals surface area contributed by atoms with Crippen LogP contribution in [0.2, 0.25) is 0 Å². The zero-order valence-electron chi connectivity index (χ0n) is 16.2. The Morgan fingerprint density at radius 3 is 2.45 bits per heavy atom. The van der Waals surface area contributed by atoms with Crippen molar-refractivity contribution in [3.05, 3.63) is 60.5 Å². The number of rotatable bonds is 6. The van der Waals surface area contributed by atoms with Gasteiger partial charge in [0.2, 0.25) is 5.91 Å². The van der Waals surface area contributed by atoms with Crippen molar-refractivity contribution in [2.75, 3.05) is 26.0 Å². The van der Waals surface area contributed by atoms with Gasteiger partial charge < -0.3 is 9.64 Å². The Morgan fingerprint density at radius 1 is 1.10 bits per heavy atom. The van der Waals surface area contributed by atoms with E-state index in [0.29, 0.717) is 10.9 Å². The predicted molar refractivity (Wildman–Crippen MR) is 112 cm³/mol. The Kier molecular flexibility index (Phi) is 5.85. The Hall–Kier alpha value is -2.80. The molecule has 1 amide bonds. The normalized spacial score (nSPS) is 13.7. The summed E-state index contributed by atoms with van der Waals surface area (Å²) in [5, 5.41) is 0.704. The molecule has 0 saturated carbocycles. The molecule has 0 spiro atoms. The van der Waals surface area contributed by atoms with Crippen molar-refractivity contribution >= 4 is 17.7 Å². The topological polar surface area (TPSA) is 47.4 Å². The first kappa shape index (κ1) is 19.5. The van der Waals surface area contributed by atoms with Crippen molar-refractivity contribution < 1.29 is 13.9 Å². The fourth-order valence-corrected chi connectivity index (χ4v) is 4.32. The lowest BCUT2D eigenvalue weighted by atomic mass is 10.1. The second kappa shape index (κ2) is 8.69. The summed E-state index contributed by atoms with van der Waals surface area (Å²) < 4.78 is 20.7. The predicted octanol–water partition coefficient (Wildman–Crippen LogP) is 4.40. The number of thioether (sulfide) groups is 1. The number of nitrogens with zero attached hydrogens (tertiary/aromatic N) is 3. The van der Waals surface area contributed by atoms with Gasteiger partial charge >= 0.3 is 0 Å². The monoisotopic (exact) mass is 411 g/mol. The summed E-state index contributed by atoms with van der Waals surface area (Å²) >= 11 is 1.41. The molecule has 150 valence electrons. The summed E-state index contributed by atoms with van der Waals surface area (Å²) in [6.45, 7) is 1.67. The largest absolute Gasteiger partial charge is 0.497 e. The van der Waals surface area contributed by atoms with Gasteiger partial charge in [0, 0.05) is 24.3 Å². The van der Waals surface area contributed by atoms with Crippen LogP contribution in [0.25, 0.3) is 16.9 Å². The van der Waals surface area contributed by atoms with Crippen molar-refractivity contribution in [1.82, 2.24) is 14.5 Å². The van der Waals surface area contributed by atoms with Crippen molar-refractivity contribution in [3.8, 4) is 22.7 Å². The van der Waals surface area contributed by atoms with Gasteiger partial charge in [-0.1, -0.05) is 11.8 Å². The summed E-state index contributed by atoms with van der Waals surface area (Å²) in [6.07, 6.45) is 3.93. The van der Waals surface area contributed by atoms with E-state index in [9.17, 15) is 9.18 Å². The number of aromatic nitrogens is 2. The van der Waals surface area contributed by atoms with E-state index in [2.05, 4.69) is 4.98 Å². The molecule has 4 rings (SSSR count). The minimum atomic E-state index is -0.293. The van der Waals surface area contributed by atoms with Crippen LogP contribution in [0.4, 0.5) is 4.39 Å². The van der Waals surface area contributed by atoms with E-state index in [1.165, 1.54) is 23.9 Å². The molecule has 5 nitrogen and oxygen atoms in total. The van der Waals surface area contributed by atoms with Crippen LogP contribution in [-0.4, -0.2) is 46.3 Å². The number of amides is 1. The van der Waals surface area contributed by atoms with Crippen LogP contribution in [0.5, 0.6) is 5.75 Å². The summed E-state index contributed by atoms with van der Waals surface area (Å²) in [4.78, 5) is 18.9. The third-order valence-electron chi connectivity index (χ3n) is 4.98. The number of ether oxygens (including phenoxy) is 1. The van der Waals surface area contributed by atoms with Crippen molar-refractivity contribution in [2.24, 2.45) is 0 Å². The fraction of sp³-hybridized carbons (Fsp3) is 0.273. The minimum Gasteiger partial charge on any atom is -0.497 e. The van der Waals surface area contributed by atoms with Crippen LogP contribution < -0.4 is 4.74 Å². The zero-order chi connectivity index (χ0) is 20.2. The molecule has 0 atom stereocenters. The molecule has 2 aromatic carbocycles. The maximum atomic E-state index is 13.5. The third-order valence-corrected chi connectivity index (χ3v) is 5.92. The zero-order valence-corrected chi connectivity index (χ0v) is 17.0. The van der Waals surface area contributed by atoms with E-state index in [-0.39, 0.29) is 11.7 Å². The number of halogens is 1. The number of methoxy groups -OCH3 is 1. The summed E-state index contributed by atoms with van der Waals surface area (Å²) in [6, 6.07) is 14.0. The lowest BCUT2D eigenvalue weighted by Crippen LogP contribution is -2.29. The SMILES string of the molecule is COc1ccc(-c2cnc(SCC(=O)N3CCCC3)n2-c2ccc(F)cc2)cc1. The van der Waals surface area contributed by atoms with Gasteiger partial charge in [-0.25, -0.2) is 9.37 Å². The third kappa shape index (κ3) is 4.29. The first-order valence-electron chi connectivity index (χ1n) is 9.54. The van der Waals surface area contributed by atoms with Gasteiger partial charge in [-0.15, -0.1) is 0 Å². The maximum absolute atomic E-state index is 13.5. The van der Waals surface area contributed by atoms with Gasteiger partial charge in [-0.3, -0.25) is 9.36 Å². The Bertz CT molecular complexity index is 980. The average molecular weight is 412 g/mol. The average Bonchev–Trinajstić information content (AvgIpc) is 3.43. The van der Waals surface area contributed by atoms with Gasteiger partial charge in [-0.2, -0.15) is 0 Å². The molecular weight excluding hydrogens is 389 g/mol. The molecule has 2 heterocycles. The van der Waals surface area contributed by atoms with Gasteiger partial charge in [-0.05, 0) is 61.4 Å². The van der Waals surface area contributed by atoms with E-state index in [0.717, 1.165) is 48.6 Å². The van der Waals surface area contributed by atoms with Gasteiger partial charge in [0.25, 0.3) is 0 Å². The van der Waals surface area contributed by atoms with Crippen LogP contribution in [0, 0.1) is 5.82 Å². The molecule has 0 aliphatic carbocycles. The molecule has 0 N–H and O–H groups in total. The van der Waals surface area contributed by atoms with E-state index in [1.54, 1.807) is 25.4 Å². The highest BCUT2D eigenvalue weighted by Crippen LogP contribution is 2.31. The fourth-order valence-electron chi connectivity index (χ4n) is 3.43.